The number of nitrogens with one attached hydrogen (secondary N) is 1. The lowest BCUT2D eigenvalue weighted by molar-refractivity contribution is -0.128. The Morgan fingerprint density at radius 3 is 2.59 bits per heavy atom. The number of benzene rings is 1. The molecule has 1 spiro atoms. The lowest BCUT2D eigenvalue weighted by Crippen LogP contribution is -2.65. The molecule has 0 unspecified atom stereocenters. The topological polar surface area (TPSA) is 109 Å². The molecule has 1 saturated carbocycles. The zero-order chi connectivity index (χ0) is 28.9. The Labute approximate surface area is 237 Å². The summed E-state index contributed by atoms with van der Waals surface area (Å²) in [6.45, 7) is 0.678. The predicted octanol–water partition coefficient (Wildman–Crippen LogP) is 4.53. The number of likely N-dealkylation sites (tertiary alicyclic amines) is 1. The SMILES string of the molecule is O=C(N[C@H]1CC[C@H](CN2C(=O)C3(CN(C(=O)c4cocn4)C3)c3ccc(F)cc32)CC1)c1cc(Cl)cnc1C(F)F. The predicted molar refractivity (Wildman–Crippen MR) is 140 cm³/mol. The van der Waals surface area contributed by atoms with Crippen LogP contribution in [-0.2, 0) is 10.2 Å². The third-order valence-electron chi connectivity index (χ3n) is 8.24. The van der Waals surface area contributed by atoms with Gasteiger partial charge in [0.2, 0.25) is 5.91 Å². The smallest absolute Gasteiger partial charge is 0.281 e. The zero-order valence-electron chi connectivity index (χ0n) is 21.7. The number of anilines is 1. The molecule has 4 heterocycles. The number of amides is 3. The summed E-state index contributed by atoms with van der Waals surface area (Å²) in [6.07, 6.45) is 3.07. The largest absolute Gasteiger partial charge is 0.451 e. The van der Waals surface area contributed by atoms with Gasteiger partial charge in [0.05, 0.1) is 16.3 Å². The molecular weight excluding hydrogens is 563 g/mol. The van der Waals surface area contributed by atoms with Crippen LogP contribution in [0.25, 0.3) is 0 Å². The fraction of sp³-hybridized carbons (Fsp3) is 0.393. The van der Waals surface area contributed by atoms with Crippen molar-refractivity contribution in [3.05, 3.63) is 76.5 Å². The maximum Gasteiger partial charge on any atom is 0.281 e. The molecule has 2 aromatic heterocycles. The van der Waals surface area contributed by atoms with E-state index in [4.69, 9.17) is 16.0 Å². The summed E-state index contributed by atoms with van der Waals surface area (Å²) in [5.74, 6) is -1.55. The Hall–Kier alpha value is -3.93. The molecule has 214 valence electrons. The van der Waals surface area contributed by atoms with Gasteiger partial charge in [0.25, 0.3) is 18.2 Å². The Bertz CT molecular complexity index is 1500. The molecule has 1 aromatic carbocycles. The second kappa shape index (κ2) is 10.5. The van der Waals surface area contributed by atoms with Crippen LogP contribution in [0.4, 0.5) is 18.9 Å². The molecule has 6 rings (SSSR count). The second-order valence-corrected chi connectivity index (χ2v) is 11.2. The molecule has 0 atom stereocenters. The number of carbonyl (C=O) groups is 3. The highest BCUT2D eigenvalue weighted by molar-refractivity contribution is 6.30. The van der Waals surface area contributed by atoms with Gasteiger partial charge in [0, 0.05) is 31.9 Å². The first-order valence-corrected chi connectivity index (χ1v) is 13.6. The third kappa shape index (κ3) is 4.83. The summed E-state index contributed by atoms with van der Waals surface area (Å²) in [5.41, 5.74) is -0.461. The van der Waals surface area contributed by atoms with Crippen LogP contribution in [0, 0.1) is 11.7 Å². The minimum atomic E-state index is -2.92. The lowest BCUT2D eigenvalue weighted by Gasteiger charge is -2.46. The number of nitrogens with zero attached hydrogens (tertiary/aromatic N) is 4. The Balaban J connectivity index is 1.11. The Morgan fingerprint density at radius 1 is 1.15 bits per heavy atom. The number of alkyl halides is 2. The maximum atomic E-state index is 14.3. The number of rotatable bonds is 6. The molecule has 13 heteroatoms. The molecule has 1 aliphatic carbocycles. The Kier molecular flexibility index (Phi) is 6.96. The quantitative estimate of drug-likeness (QED) is 0.454. The first-order chi connectivity index (χ1) is 19.7. The first kappa shape index (κ1) is 27.3. The van der Waals surface area contributed by atoms with Crippen LogP contribution in [0.5, 0.6) is 0 Å². The summed E-state index contributed by atoms with van der Waals surface area (Å²) in [7, 11) is 0. The van der Waals surface area contributed by atoms with E-state index in [-0.39, 0.29) is 53.1 Å². The van der Waals surface area contributed by atoms with Gasteiger partial charge in [-0.25, -0.2) is 18.2 Å². The van der Waals surface area contributed by atoms with E-state index >= 15 is 0 Å². The van der Waals surface area contributed by atoms with Crippen molar-refractivity contribution in [1.82, 2.24) is 20.2 Å². The van der Waals surface area contributed by atoms with Gasteiger partial charge in [0.15, 0.2) is 12.1 Å². The molecule has 2 fully saturated rings. The fourth-order valence-electron chi connectivity index (χ4n) is 6.15. The number of fused-ring (bicyclic) bond motifs is 2. The number of carbonyl (C=O) groups excluding carboxylic acids is 3. The highest BCUT2D eigenvalue weighted by Gasteiger charge is 2.59. The standard InChI is InChI=1S/C28H25ClF3N5O4/c29-16-7-19(23(24(31)32)33-9-16)25(38)35-18-4-1-15(2-5-18)10-37-22-8-17(30)3-6-20(22)28(27(37)40)12-36(13-28)26(39)21-11-41-14-34-21/h3,6-9,11,14-15,18,24H,1-2,4-5,10,12-13H2,(H,35,38)/t15-,18-. The number of halogens is 4. The Morgan fingerprint density at radius 2 is 1.90 bits per heavy atom. The number of aromatic nitrogens is 2. The zero-order valence-corrected chi connectivity index (χ0v) is 22.4. The van der Waals surface area contributed by atoms with E-state index < -0.39 is 29.3 Å². The summed E-state index contributed by atoms with van der Waals surface area (Å²) < 4.78 is 45.9. The van der Waals surface area contributed by atoms with E-state index in [1.165, 1.54) is 35.8 Å². The summed E-state index contributed by atoms with van der Waals surface area (Å²) in [5, 5.41) is 2.90. The van der Waals surface area contributed by atoms with Crippen molar-refractivity contribution in [2.24, 2.45) is 5.92 Å². The third-order valence-corrected chi connectivity index (χ3v) is 8.45. The van der Waals surface area contributed by atoms with Gasteiger partial charge in [-0.05, 0) is 55.4 Å². The highest BCUT2D eigenvalue weighted by Crippen LogP contribution is 2.48. The minimum Gasteiger partial charge on any atom is -0.451 e. The summed E-state index contributed by atoms with van der Waals surface area (Å²) in [4.78, 5) is 49.9. The fourth-order valence-corrected chi connectivity index (χ4v) is 6.31. The second-order valence-electron chi connectivity index (χ2n) is 10.8. The van der Waals surface area contributed by atoms with Crippen LogP contribution in [-0.4, -0.2) is 58.3 Å². The highest BCUT2D eigenvalue weighted by atomic mass is 35.5. The molecule has 3 aliphatic rings. The molecule has 41 heavy (non-hydrogen) atoms. The number of oxazole rings is 1. The van der Waals surface area contributed by atoms with Gasteiger partial charge < -0.3 is 19.5 Å². The molecule has 0 bridgehead atoms. The van der Waals surface area contributed by atoms with Crippen molar-refractivity contribution in [2.45, 2.75) is 43.6 Å². The molecule has 0 radical (unpaired) electrons. The van der Waals surface area contributed by atoms with E-state index in [1.54, 1.807) is 11.0 Å². The van der Waals surface area contributed by atoms with Crippen LogP contribution < -0.4 is 10.2 Å². The van der Waals surface area contributed by atoms with Gasteiger partial charge in [-0.2, -0.15) is 0 Å². The minimum absolute atomic E-state index is 0.0794. The first-order valence-electron chi connectivity index (χ1n) is 13.2. The van der Waals surface area contributed by atoms with Crippen molar-refractivity contribution < 1.29 is 32.0 Å². The monoisotopic (exact) mass is 587 g/mol. The summed E-state index contributed by atoms with van der Waals surface area (Å²) in [6, 6.07) is 5.24. The lowest BCUT2D eigenvalue weighted by atomic mass is 9.74. The normalized spacial score (nSPS) is 21.2. The molecule has 1 saturated heterocycles. The summed E-state index contributed by atoms with van der Waals surface area (Å²) >= 11 is 5.88. The van der Waals surface area contributed by atoms with E-state index in [0.717, 1.165) is 6.20 Å². The van der Waals surface area contributed by atoms with Crippen LogP contribution in [0.1, 0.15) is 64.2 Å². The van der Waals surface area contributed by atoms with Crippen LogP contribution >= 0.6 is 11.6 Å². The van der Waals surface area contributed by atoms with Crippen LogP contribution in [0.2, 0.25) is 5.02 Å². The maximum absolute atomic E-state index is 14.3. The average molecular weight is 588 g/mol. The average Bonchev–Trinajstić information content (AvgIpc) is 3.54. The molecule has 2 aliphatic heterocycles. The van der Waals surface area contributed by atoms with E-state index in [9.17, 15) is 27.6 Å². The molecule has 3 amide bonds. The molecule has 3 aromatic rings. The number of hydrogen-bond donors (Lipinski definition) is 1. The molecular formula is C28H25ClF3N5O4. The molecule has 9 nitrogen and oxygen atoms in total. The van der Waals surface area contributed by atoms with Crippen molar-refractivity contribution in [1.29, 1.82) is 0 Å². The van der Waals surface area contributed by atoms with Crippen LogP contribution in [0.15, 0.2) is 47.5 Å². The van der Waals surface area contributed by atoms with Gasteiger partial charge in [0.1, 0.15) is 23.2 Å². The van der Waals surface area contributed by atoms with Crippen molar-refractivity contribution in [3.8, 4) is 0 Å². The molecule has 1 N–H and O–H groups in total. The van der Waals surface area contributed by atoms with Crippen molar-refractivity contribution in [3.63, 3.8) is 0 Å². The van der Waals surface area contributed by atoms with Gasteiger partial charge in [-0.1, -0.05) is 17.7 Å². The number of hydrogen-bond acceptors (Lipinski definition) is 6. The van der Waals surface area contributed by atoms with Crippen molar-refractivity contribution in [2.75, 3.05) is 24.5 Å². The van der Waals surface area contributed by atoms with E-state index in [1.807, 2.05) is 0 Å². The van der Waals surface area contributed by atoms with Gasteiger partial charge >= 0.3 is 0 Å². The van der Waals surface area contributed by atoms with Crippen molar-refractivity contribution >= 4 is 35.0 Å². The number of pyridine rings is 1. The van der Waals surface area contributed by atoms with Gasteiger partial charge in [-0.15, -0.1) is 0 Å². The van der Waals surface area contributed by atoms with Crippen LogP contribution in [0.3, 0.4) is 0 Å². The van der Waals surface area contributed by atoms with Gasteiger partial charge in [-0.3, -0.25) is 19.4 Å². The van der Waals surface area contributed by atoms with E-state index in [0.29, 0.717) is 43.5 Å². The van der Waals surface area contributed by atoms with E-state index in [2.05, 4.69) is 15.3 Å².